The highest BCUT2D eigenvalue weighted by atomic mass is 16.7. The number of fused-ring (bicyclic) bond motifs is 1. The average molecular weight is 304 g/mol. The molecule has 0 radical (unpaired) electrons. The molecule has 0 bridgehead atoms. The average Bonchev–Trinajstić information content (AvgIpc) is 2.73. The molecule has 1 aliphatic rings. The second-order valence-electron chi connectivity index (χ2n) is 4.72. The highest BCUT2D eigenvalue weighted by molar-refractivity contribution is 6.20. The number of amides is 3. The van der Waals surface area contributed by atoms with Crippen molar-refractivity contribution in [1.29, 1.82) is 0 Å². The third-order valence-electron chi connectivity index (χ3n) is 3.11. The van der Waals surface area contributed by atoms with Crippen LogP contribution in [0.1, 0.15) is 46.9 Å². The van der Waals surface area contributed by atoms with Crippen molar-refractivity contribution in [1.82, 2.24) is 10.4 Å². The molecule has 3 amide bonds. The van der Waals surface area contributed by atoms with E-state index >= 15 is 0 Å². The fourth-order valence-electron chi connectivity index (χ4n) is 2.08. The largest absolute Gasteiger partial charge is 0.356 e. The predicted octanol–water partition coefficient (Wildman–Crippen LogP) is 1.05. The van der Waals surface area contributed by atoms with Crippen LogP contribution < -0.4 is 5.32 Å². The maximum atomic E-state index is 12.0. The molecule has 2 rings (SSSR count). The van der Waals surface area contributed by atoms with Crippen molar-refractivity contribution in [2.24, 2.45) is 0 Å². The smallest absolute Gasteiger partial charge is 0.333 e. The Morgan fingerprint density at radius 1 is 1.09 bits per heavy atom. The van der Waals surface area contributed by atoms with E-state index in [1.165, 1.54) is 12.1 Å². The van der Waals surface area contributed by atoms with Crippen LogP contribution >= 0.6 is 0 Å². The number of hydrogen-bond donors (Lipinski definition) is 1. The molecule has 0 unspecified atom stereocenters. The summed E-state index contributed by atoms with van der Waals surface area (Å²) in [5.41, 5.74) is 0.422. The summed E-state index contributed by atoms with van der Waals surface area (Å²) >= 11 is 0. The highest BCUT2D eigenvalue weighted by Gasteiger charge is 2.38. The van der Waals surface area contributed by atoms with Gasteiger partial charge in [0.05, 0.1) is 11.1 Å². The van der Waals surface area contributed by atoms with E-state index in [-0.39, 0.29) is 36.3 Å². The van der Waals surface area contributed by atoms with Gasteiger partial charge in [-0.15, -0.1) is 0 Å². The summed E-state index contributed by atoms with van der Waals surface area (Å²) in [5.74, 6) is -2.19. The van der Waals surface area contributed by atoms with Gasteiger partial charge in [0.1, 0.15) is 0 Å². The van der Waals surface area contributed by atoms with E-state index in [1.807, 2.05) is 0 Å². The zero-order valence-corrected chi connectivity index (χ0v) is 12.1. The molecule has 7 nitrogen and oxygen atoms in total. The van der Waals surface area contributed by atoms with Crippen LogP contribution in [0, 0.1) is 0 Å². The summed E-state index contributed by atoms with van der Waals surface area (Å²) in [5, 5.41) is 3.08. The maximum absolute atomic E-state index is 12.0. The molecule has 1 aromatic rings. The second-order valence-corrected chi connectivity index (χ2v) is 4.72. The molecule has 0 aliphatic carbocycles. The topological polar surface area (TPSA) is 92.8 Å². The summed E-state index contributed by atoms with van der Waals surface area (Å²) in [6.45, 7) is 2.33. The lowest BCUT2D eigenvalue weighted by atomic mass is 10.1. The Labute approximate surface area is 127 Å². The van der Waals surface area contributed by atoms with Crippen LogP contribution in [0.25, 0.3) is 0 Å². The van der Waals surface area contributed by atoms with Crippen molar-refractivity contribution in [2.75, 3.05) is 6.54 Å². The number of imide groups is 1. The maximum Gasteiger partial charge on any atom is 0.333 e. The molecule has 116 valence electrons. The molecule has 0 spiro atoms. The molecule has 1 N–H and O–H groups in total. The normalized spacial score (nSPS) is 13.0. The van der Waals surface area contributed by atoms with E-state index in [4.69, 9.17) is 4.84 Å². The van der Waals surface area contributed by atoms with Gasteiger partial charge in [-0.05, 0) is 25.5 Å². The third kappa shape index (κ3) is 3.30. The van der Waals surface area contributed by atoms with Gasteiger partial charge >= 0.3 is 5.97 Å². The van der Waals surface area contributed by atoms with E-state index in [0.717, 1.165) is 0 Å². The predicted molar refractivity (Wildman–Crippen MR) is 75.6 cm³/mol. The van der Waals surface area contributed by atoms with Crippen LogP contribution in [0.4, 0.5) is 0 Å². The molecular formula is C15H16N2O5. The number of hydrogen-bond acceptors (Lipinski definition) is 5. The zero-order chi connectivity index (χ0) is 16.1. The molecule has 0 atom stereocenters. The fraction of sp³-hybridized carbons (Fsp3) is 0.333. The van der Waals surface area contributed by atoms with Crippen LogP contribution in [0.15, 0.2) is 24.3 Å². The molecule has 1 aliphatic heterocycles. The van der Waals surface area contributed by atoms with Gasteiger partial charge in [-0.2, -0.15) is 0 Å². The van der Waals surface area contributed by atoms with Gasteiger partial charge < -0.3 is 10.2 Å². The Morgan fingerprint density at radius 2 is 1.68 bits per heavy atom. The SMILES string of the molecule is CCNC(=O)CCCC(=O)ON1C(=O)c2ccccc2C1=O. The van der Waals surface area contributed by atoms with E-state index < -0.39 is 17.8 Å². The molecule has 1 heterocycles. The summed E-state index contributed by atoms with van der Waals surface area (Å²) in [6.07, 6.45) is 0.420. The van der Waals surface area contributed by atoms with Crippen LogP contribution in [0.2, 0.25) is 0 Å². The number of nitrogens with one attached hydrogen (secondary N) is 1. The first-order valence-corrected chi connectivity index (χ1v) is 7.00. The molecular weight excluding hydrogens is 288 g/mol. The Morgan fingerprint density at radius 3 is 2.23 bits per heavy atom. The Hall–Kier alpha value is -2.70. The standard InChI is InChI=1S/C15H16N2O5/c1-2-16-12(18)8-5-9-13(19)22-17-14(20)10-6-3-4-7-11(10)15(17)21/h3-4,6-7H,2,5,8-9H2,1H3,(H,16,18). The van der Waals surface area contributed by atoms with Crippen molar-refractivity contribution in [3.05, 3.63) is 35.4 Å². The van der Waals surface area contributed by atoms with Gasteiger partial charge in [0.15, 0.2) is 0 Å². The van der Waals surface area contributed by atoms with Crippen molar-refractivity contribution >= 4 is 23.7 Å². The van der Waals surface area contributed by atoms with Crippen LogP contribution in [0.5, 0.6) is 0 Å². The summed E-state index contributed by atoms with van der Waals surface area (Å²) in [7, 11) is 0. The van der Waals surface area contributed by atoms with E-state index in [0.29, 0.717) is 11.6 Å². The fourth-order valence-corrected chi connectivity index (χ4v) is 2.08. The first kappa shape index (κ1) is 15.7. The van der Waals surface area contributed by atoms with Crippen LogP contribution in [-0.4, -0.2) is 35.3 Å². The number of benzene rings is 1. The van der Waals surface area contributed by atoms with Gasteiger partial charge in [0.2, 0.25) is 5.91 Å². The van der Waals surface area contributed by atoms with Gasteiger partial charge in [-0.1, -0.05) is 17.2 Å². The summed E-state index contributed by atoms with van der Waals surface area (Å²) in [4.78, 5) is 51.7. The summed E-state index contributed by atoms with van der Waals surface area (Å²) < 4.78 is 0. The Balaban J connectivity index is 1.87. The molecule has 22 heavy (non-hydrogen) atoms. The van der Waals surface area contributed by atoms with Crippen LogP contribution in [0.3, 0.4) is 0 Å². The minimum atomic E-state index is -0.723. The number of nitrogens with zero attached hydrogens (tertiary/aromatic N) is 1. The molecule has 0 aromatic heterocycles. The zero-order valence-electron chi connectivity index (χ0n) is 12.1. The minimum Gasteiger partial charge on any atom is -0.356 e. The van der Waals surface area contributed by atoms with Crippen molar-refractivity contribution in [3.8, 4) is 0 Å². The Bertz CT molecular complexity index is 591. The second kappa shape index (κ2) is 6.84. The number of rotatable bonds is 6. The number of carbonyl (C=O) groups excluding carboxylic acids is 4. The molecule has 7 heteroatoms. The lowest BCUT2D eigenvalue weighted by Gasteiger charge is -2.12. The van der Waals surface area contributed by atoms with Crippen molar-refractivity contribution < 1.29 is 24.0 Å². The van der Waals surface area contributed by atoms with E-state index in [9.17, 15) is 19.2 Å². The number of carbonyl (C=O) groups is 4. The molecule has 1 aromatic carbocycles. The van der Waals surface area contributed by atoms with Crippen molar-refractivity contribution in [2.45, 2.75) is 26.2 Å². The third-order valence-corrected chi connectivity index (χ3v) is 3.11. The molecule has 0 saturated carbocycles. The monoisotopic (exact) mass is 304 g/mol. The van der Waals surface area contributed by atoms with E-state index in [2.05, 4.69) is 5.32 Å². The molecule has 0 fully saturated rings. The van der Waals surface area contributed by atoms with Gasteiger partial charge in [-0.25, -0.2) is 4.79 Å². The first-order chi connectivity index (χ1) is 10.5. The van der Waals surface area contributed by atoms with Gasteiger partial charge in [-0.3, -0.25) is 14.4 Å². The van der Waals surface area contributed by atoms with Crippen LogP contribution in [-0.2, 0) is 14.4 Å². The highest BCUT2D eigenvalue weighted by Crippen LogP contribution is 2.22. The van der Waals surface area contributed by atoms with Gasteiger partial charge in [0.25, 0.3) is 11.8 Å². The van der Waals surface area contributed by atoms with Crippen molar-refractivity contribution in [3.63, 3.8) is 0 Å². The Kier molecular flexibility index (Phi) is 4.88. The lowest BCUT2D eigenvalue weighted by molar-refractivity contribution is -0.168. The molecule has 0 saturated heterocycles. The van der Waals surface area contributed by atoms with E-state index in [1.54, 1.807) is 19.1 Å². The minimum absolute atomic E-state index is 0.0511. The van der Waals surface area contributed by atoms with Gasteiger partial charge in [0, 0.05) is 19.4 Å². The first-order valence-electron chi connectivity index (χ1n) is 7.00. The quantitative estimate of drug-likeness (QED) is 0.793. The summed E-state index contributed by atoms with van der Waals surface area (Å²) in [6, 6.07) is 6.25. The number of hydroxylamine groups is 2. The lowest BCUT2D eigenvalue weighted by Crippen LogP contribution is -2.32.